The molecule has 1 aliphatic heterocycles. The van der Waals surface area contributed by atoms with Crippen LogP contribution >= 0.6 is 11.6 Å². The molecular formula is C25H22ClFN2O2. The highest BCUT2D eigenvalue weighted by Gasteiger charge is 2.70. The molecule has 0 bridgehead atoms. The second-order valence-electron chi connectivity index (χ2n) is 9.17. The summed E-state index contributed by atoms with van der Waals surface area (Å²) in [7, 11) is 0. The van der Waals surface area contributed by atoms with Crippen molar-refractivity contribution in [3.05, 3.63) is 71.1 Å². The number of pyridine rings is 1. The molecule has 0 radical (unpaired) electrons. The predicted molar refractivity (Wildman–Crippen MR) is 117 cm³/mol. The topological polar surface area (TPSA) is 54.5 Å². The highest BCUT2D eigenvalue weighted by molar-refractivity contribution is 6.30. The number of halogens is 2. The van der Waals surface area contributed by atoms with E-state index in [1.165, 1.54) is 6.07 Å². The van der Waals surface area contributed by atoms with Crippen molar-refractivity contribution in [2.45, 2.75) is 37.4 Å². The van der Waals surface area contributed by atoms with Crippen LogP contribution in [0.15, 0.2) is 54.7 Å². The number of epoxide rings is 1. The van der Waals surface area contributed by atoms with Crippen LogP contribution in [0.4, 0.5) is 10.1 Å². The molecule has 1 N–H and O–H groups in total. The average molecular weight is 437 g/mol. The Morgan fingerprint density at radius 3 is 2.84 bits per heavy atom. The molecule has 4 nitrogen and oxygen atoms in total. The number of hydrogen-bond donors (Lipinski definition) is 1. The van der Waals surface area contributed by atoms with E-state index < -0.39 is 0 Å². The van der Waals surface area contributed by atoms with Gasteiger partial charge in [-0.3, -0.25) is 9.78 Å². The molecule has 6 heteroatoms. The Kier molecular flexibility index (Phi) is 4.34. The number of fused-ring (bicyclic) bond motifs is 4. The molecule has 3 aromatic rings. The third-order valence-electron chi connectivity index (χ3n) is 7.30. The molecule has 6 rings (SSSR count). The fourth-order valence-corrected chi connectivity index (χ4v) is 6.18. The maximum Gasteiger partial charge on any atom is 0.224 e. The smallest absolute Gasteiger partial charge is 0.224 e. The van der Waals surface area contributed by atoms with Crippen LogP contribution in [0, 0.1) is 23.6 Å². The van der Waals surface area contributed by atoms with Crippen molar-refractivity contribution < 1.29 is 13.9 Å². The van der Waals surface area contributed by atoms with Gasteiger partial charge in [0.1, 0.15) is 11.4 Å². The standard InChI is InChI=1S/C25H22ClFN2O2/c26-16-1-4-18(5-2-16)29-23(30)11-14-9-15-13-25(24(31-25)19(15)10-14)21-7-8-28-22-6-3-17(27)12-20(21)22/h1-8,12,14-15,19,24H,9-11,13H2,(H,29,30)/t14-,15-,19-,24+,25+/m1/s1. The third kappa shape index (κ3) is 3.22. The van der Waals surface area contributed by atoms with E-state index in [4.69, 9.17) is 16.3 Å². The quantitative estimate of drug-likeness (QED) is 0.534. The Hall–Kier alpha value is -2.50. The van der Waals surface area contributed by atoms with Gasteiger partial charge in [-0.1, -0.05) is 11.6 Å². The predicted octanol–water partition coefficient (Wildman–Crippen LogP) is 5.70. The lowest BCUT2D eigenvalue weighted by Crippen LogP contribution is -2.17. The third-order valence-corrected chi connectivity index (χ3v) is 7.55. The molecular weight excluding hydrogens is 415 g/mol. The van der Waals surface area contributed by atoms with Gasteiger partial charge in [-0.05, 0) is 91.1 Å². The van der Waals surface area contributed by atoms with Gasteiger partial charge in [0.05, 0.1) is 11.6 Å². The monoisotopic (exact) mass is 436 g/mol. The number of amides is 1. The number of aromatic nitrogens is 1. The molecule has 1 aromatic heterocycles. The number of hydrogen-bond acceptors (Lipinski definition) is 3. The number of nitrogens with zero attached hydrogens (tertiary/aromatic N) is 1. The van der Waals surface area contributed by atoms with E-state index in [0.29, 0.717) is 29.2 Å². The SMILES string of the molecule is O=C(C[C@@H]1C[C@@H]2C[C@@]3(c4ccnc5ccc(F)cc45)O[C@H]3[C@@H]2C1)Nc1ccc(Cl)cc1. The van der Waals surface area contributed by atoms with Crippen LogP contribution < -0.4 is 5.32 Å². The Balaban J connectivity index is 1.14. The number of carbonyl (C=O) groups is 1. The van der Waals surface area contributed by atoms with Crippen LogP contribution in [0.25, 0.3) is 10.9 Å². The van der Waals surface area contributed by atoms with E-state index in [-0.39, 0.29) is 23.4 Å². The van der Waals surface area contributed by atoms with Crippen LogP contribution in [0.3, 0.4) is 0 Å². The van der Waals surface area contributed by atoms with Crippen LogP contribution in [-0.4, -0.2) is 17.0 Å². The molecule has 31 heavy (non-hydrogen) atoms. The fraction of sp³-hybridized carbons (Fsp3) is 0.360. The maximum absolute atomic E-state index is 13.9. The van der Waals surface area contributed by atoms with E-state index in [1.807, 2.05) is 18.2 Å². The van der Waals surface area contributed by atoms with Crippen molar-refractivity contribution in [1.82, 2.24) is 4.98 Å². The normalized spacial score (nSPS) is 30.8. The summed E-state index contributed by atoms with van der Waals surface area (Å²) < 4.78 is 20.2. The van der Waals surface area contributed by atoms with Crippen molar-refractivity contribution in [1.29, 1.82) is 0 Å². The number of anilines is 1. The van der Waals surface area contributed by atoms with Crippen LogP contribution in [0.2, 0.25) is 5.02 Å². The fourth-order valence-electron chi connectivity index (χ4n) is 6.05. The summed E-state index contributed by atoms with van der Waals surface area (Å²) in [4.78, 5) is 16.9. The first-order valence-electron chi connectivity index (χ1n) is 10.8. The molecule has 2 saturated carbocycles. The zero-order valence-corrected chi connectivity index (χ0v) is 17.6. The summed E-state index contributed by atoms with van der Waals surface area (Å²) in [6, 6.07) is 13.9. The first-order valence-corrected chi connectivity index (χ1v) is 11.2. The van der Waals surface area contributed by atoms with Crippen LogP contribution in [0.5, 0.6) is 0 Å². The Labute approximate surface area is 184 Å². The molecule has 3 fully saturated rings. The number of carbonyl (C=O) groups excluding carboxylic acids is 1. The van der Waals surface area contributed by atoms with Gasteiger partial charge < -0.3 is 10.1 Å². The van der Waals surface area contributed by atoms with Gasteiger partial charge in [0.2, 0.25) is 5.91 Å². The summed E-state index contributed by atoms with van der Waals surface area (Å²) in [6.07, 6.45) is 5.46. The number of ether oxygens (including phenoxy) is 1. The van der Waals surface area contributed by atoms with Gasteiger partial charge in [0.25, 0.3) is 0 Å². The summed E-state index contributed by atoms with van der Waals surface area (Å²) in [5.74, 6) is 1.18. The summed E-state index contributed by atoms with van der Waals surface area (Å²) in [5.41, 5.74) is 2.33. The van der Waals surface area contributed by atoms with E-state index in [0.717, 1.165) is 41.4 Å². The van der Waals surface area contributed by atoms with Crippen molar-refractivity contribution >= 4 is 34.1 Å². The maximum atomic E-state index is 13.9. The summed E-state index contributed by atoms with van der Waals surface area (Å²) in [6.45, 7) is 0. The lowest BCUT2D eigenvalue weighted by atomic mass is 9.89. The van der Waals surface area contributed by atoms with Crippen molar-refractivity contribution in [3.63, 3.8) is 0 Å². The van der Waals surface area contributed by atoms with E-state index in [2.05, 4.69) is 10.3 Å². The van der Waals surface area contributed by atoms with Crippen molar-refractivity contribution in [3.8, 4) is 0 Å². The molecule has 1 amide bonds. The highest BCUT2D eigenvalue weighted by Crippen LogP contribution is 2.67. The minimum absolute atomic E-state index is 0.0471. The Morgan fingerprint density at radius 2 is 2.03 bits per heavy atom. The number of benzene rings is 2. The zero-order chi connectivity index (χ0) is 21.2. The summed E-state index contributed by atoms with van der Waals surface area (Å²) in [5, 5.41) is 4.47. The van der Waals surface area contributed by atoms with E-state index >= 15 is 0 Å². The molecule has 2 aromatic carbocycles. The molecule has 1 saturated heterocycles. The minimum atomic E-state index is -0.305. The molecule has 0 spiro atoms. The van der Waals surface area contributed by atoms with Crippen molar-refractivity contribution in [2.75, 3.05) is 5.32 Å². The Morgan fingerprint density at radius 1 is 1.19 bits per heavy atom. The first-order chi connectivity index (χ1) is 15.0. The van der Waals surface area contributed by atoms with Gasteiger partial charge in [-0.15, -0.1) is 0 Å². The van der Waals surface area contributed by atoms with Gasteiger partial charge in [-0.25, -0.2) is 4.39 Å². The van der Waals surface area contributed by atoms with Gasteiger partial charge in [-0.2, -0.15) is 0 Å². The van der Waals surface area contributed by atoms with Gasteiger partial charge in [0.15, 0.2) is 0 Å². The molecule has 158 valence electrons. The molecule has 2 heterocycles. The number of rotatable bonds is 4. The number of nitrogens with one attached hydrogen (secondary N) is 1. The van der Waals surface area contributed by atoms with Crippen LogP contribution in [0.1, 0.15) is 31.2 Å². The van der Waals surface area contributed by atoms with Crippen molar-refractivity contribution in [2.24, 2.45) is 17.8 Å². The Bertz CT molecular complexity index is 1180. The minimum Gasteiger partial charge on any atom is -0.361 e. The molecule has 5 atom stereocenters. The second kappa shape index (κ2) is 7.01. The van der Waals surface area contributed by atoms with Gasteiger partial charge >= 0.3 is 0 Å². The van der Waals surface area contributed by atoms with E-state index in [1.54, 1.807) is 30.5 Å². The van der Waals surface area contributed by atoms with E-state index in [9.17, 15) is 9.18 Å². The average Bonchev–Trinajstić information content (AvgIpc) is 3.20. The first kappa shape index (κ1) is 19.2. The second-order valence-corrected chi connectivity index (χ2v) is 9.61. The molecule has 0 unspecified atom stereocenters. The molecule has 3 aliphatic rings. The largest absolute Gasteiger partial charge is 0.361 e. The zero-order valence-electron chi connectivity index (χ0n) is 16.9. The molecule has 2 aliphatic carbocycles. The van der Waals surface area contributed by atoms with Gasteiger partial charge in [0, 0.05) is 28.7 Å². The lowest BCUT2D eigenvalue weighted by Gasteiger charge is -2.17. The van der Waals surface area contributed by atoms with Crippen LogP contribution in [-0.2, 0) is 15.1 Å². The lowest BCUT2D eigenvalue weighted by molar-refractivity contribution is -0.117. The summed E-state index contributed by atoms with van der Waals surface area (Å²) >= 11 is 5.91. The highest BCUT2D eigenvalue weighted by atomic mass is 35.5.